The fourth-order valence-corrected chi connectivity index (χ4v) is 2.31. The summed E-state index contributed by atoms with van der Waals surface area (Å²) < 4.78 is 2.02. The molecule has 0 bridgehead atoms. The highest BCUT2D eigenvalue weighted by Gasteiger charge is 2.25. The topological polar surface area (TPSA) is 45.5 Å². The molecule has 0 aliphatic carbocycles. The Morgan fingerprint density at radius 3 is 3.06 bits per heavy atom. The maximum absolute atomic E-state index is 10.9. The number of likely N-dealkylation sites (tertiary alicyclic amines) is 1. The average molecular weight is 222 g/mol. The van der Waals surface area contributed by atoms with Gasteiger partial charge < -0.3 is 9.67 Å². The monoisotopic (exact) mass is 222 g/mol. The van der Waals surface area contributed by atoms with Crippen molar-refractivity contribution in [2.45, 2.75) is 19.4 Å². The van der Waals surface area contributed by atoms with Gasteiger partial charge in [0.25, 0.3) is 0 Å². The minimum atomic E-state index is -0.655. The van der Waals surface area contributed by atoms with E-state index in [1.165, 1.54) is 5.56 Å². The number of carbonyl (C=O) groups is 1. The molecule has 1 saturated heterocycles. The molecule has 2 heterocycles. The van der Waals surface area contributed by atoms with E-state index in [-0.39, 0.29) is 5.92 Å². The van der Waals surface area contributed by atoms with Gasteiger partial charge in [0.15, 0.2) is 0 Å². The van der Waals surface area contributed by atoms with Gasteiger partial charge in [-0.3, -0.25) is 9.69 Å². The zero-order chi connectivity index (χ0) is 11.5. The van der Waals surface area contributed by atoms with Crippen molar-refractivity contribution in [3.8, 4) is 0 Å². The highest BCUT2D eigenvalue weighted by molar-refractivity contribution is 5.70. The van der Waals surface area contributed by atoms with E-state index < -0.39 is 5.97 Å². The van der Waals surface area contributed by atoms with Crippen LogP contribution < -0.4 is 0 Å². The van der Waals surface area contributed by atoms with Gasteiger partial charge in [-0.2, -0.15) is 0 Å². The molecule has 1 unspecified atom stereocenters. The zero-order valence-electron chi connectivity index (χ0n) is 9.59. The van der Waals surface area contributed by atoms with Crippen LogP contribution in [0, 0.1) is 5.92 Å². The Morgan fingerprint density at radius 1 is 1.62 bits per heavy atom. The lowest BCUT2D eigenvalue weighted by molar-refractivity contribution is -0.143. The van der Waals surface area contributed by atoms with Gasteiger partial charge in [0.05, 0.1) is 5.92 Å². The van der Waals surface area contributed by atoms with Crippen molar-refractivity contribution in [1.29, 1.82) is 0 Å². The van der Waals surface area contributed by atoms with Crippen molar-refractivity contribution >= 4 is 5.97 Å². The smallest absolute Gasteiger partial charge is 0.307 e. The zero-order valence-corrected chi connectivity index (χ0v) is 9.59. The quantitative estimate of drug-likeness (QED) is 0.839. The third-order valence-corrected chi connectivity index (χ3v) is 3.15. The molecule has 1 aromatic rings. The summed E-state index contributed by atoms with van der Waals surface area (Å²) in [5, 5.41) is 9.00. The molecule has 1 aromatic heterocycles. The van der Waals surface area contributed by atoms with Crippen molar-refractivity contribution in [1.82, 2.24) is 9.47 Å². The van der Waals surface area contributed by atoms with Crippen LogP contribution >= 0.6 is 0 Å². The number of aromatic nitrogens is 1. The number of aryl methyl sites for hydroxylation is 1. The number of carboxylic acids is 1. The molecule has 1 N–H and O–H groups in total. The lowest BCUT2D eigenvalue weighted by Crippen LogP contribution is -2.38. The summed E-state index contributed by atoms with van der Waals surface area (Å²) in [6.45, 7) is 2.56. The molecule has 1 fully saturated rings. The van der Waals surface area contributed by atoms with Crippen LogP contribution in [-0.2, 0) is 18.4 Å². The number of hydrogen-bond donors (Lipinski definition) is 1. The second-order valence-electron chi connectivity index (χ2n) is 4.60. The van der Waals surface area contributed by atoms with Gasteiger partial charge in [-0.25, -0.2) is 0 Å². The summed E-state index contributed by atoms with van der Waals surface area (Å²) in [4.78, 5) is 13.2. The van der Waals surface area contributed by atoms with Crippen molar-refractivity contribution < 1.29 is 9.90 Å². The van der Waals surface area contributed by atoms with E-state index in [1.54, 1.807) is 0 Å². The lowest BCUT2D eigenvalue weighted by Gasteiger charge is -2.30. The Kier molecular flexibility index (Phi) is 3.29. The van der Waals surface area contributed by atoms with E-state index in [0.717, 1.165) is 25.9 Å². The highest BCUT2D eigenvalue weighted by Crippen LogP contribution is 2.18. The number of carboxylic acid groups (broad SMARTS) is 1. The summed E-state index contributed by atoms with van der Waals surface area (Å²) >= 11 is 0. The molecule has 0 saturated carbocycles. The van der Waals surface area contributed by atoms with Crippen molar-refractivity contribution in [3.63, 3.8) is 0 Å². The standard InChI is InChI=1S/C12H18N2O2/c1-13-6-4-10(7-13)8-14-5-2-3-11(9-14)12(15)16/h4,6-7,11H,2-3,5,8-9H2,1H3,(H,15,16). The first-order chi connectivity index (χ1) is 7.65. The van der Waals surface area contributed by atoms with E-state index >= 15 is 0 Å². The number of aliphatic carboxylic acids is 1. The van der Waals surface area contributed by atoms with Crippen molar-refractivity contribution in [2.75, 3.05) is 13.1 Å². The third kappa shape index (κ3) is 2.64. The SMILES string of the molecule is Cn1ccc(CN2CCCC(C(=O)O)C2)c1. The molecule has 0 spiro atoms. The normalized spacial score (nSPS) is 22.2. The molecule has 4 nitrogen and oxygen atoms in total. The Bertz CT molecular complexity index is 373. The molecule has 2 rings (SSSR count). The van der Waals surface area contributed by atoms with Crippen molar-refractivity contribution in [2.24, 2.45) is 13.0 Å². The van der Waals surface area contributed by atoms with E-state index in [1.807, 2.05) is 17.8 Å². The summed E-state index contributed by atoms with van der Waals surface area (Å²) in [5.74, 6) is -0.838. The van der Waals surface area contributed by atoms with Gasteiger partial charge in [-0.15, -0.1) is 0 Å². The maximum atomic E-state index is 10.9. The molecule has 1 atom stereocenters. The first-order valence-corrected chi connectivity index (χ1v) is 5.71. The first kappa shape index (κ1) is 11.2. The van der Waals surface area contributed by atoms with Gasteiger partial charge in [0.1, 0.15) is 0 Å². The molecule has 0 amide bonds. The molecule has 16 heavy (non-hydrogen) atoms. The molecular weight excluding hydrogens is 204 g/mol. The van der Waals surface area contributed by atoms with Crippen LogP contribution in [0.5, 0.6) is 0 Å². The number of piperidine rings is 1. The minimum absolute atomic E-state index is 0.183. The van der Waals surface area contributed by atoms with Gasteiger partial charge in [-0.05, 0) is 31.0 Å². The first-order valence-electron chi connectivity index (χ1n) is 5.71. The van der Waals surface area contributed by atoms with Crippen molar-refractivity contribution in [3.05, 3.63) is 24.0 Å². The number of rotatable bonds is 3. The molecule has 0 aromatic carbocycles. The summed E-state index contributed by atoms with van der Waals surface area (Å²) in [7, 11) is 2.00. The third-order valence-electron chi connectivity index (χ3n) is 3.15. The van der Waals surface area contributed by atoms with E-state index in [0.29, 0.717) is 6.54 Å². The number of nitrogens with zero attached hydrogens (tertiary/aromatic N) is 2. The summed E-state index contributed by atoms with van der Waals surface area (Å²) in [6, 6.07) is 2.09. The fourth-order valence-electron chi connectivity index (χ4n) is 2.31. The van der Waals surface area contributed by atoms with E-state index in [4.69, 9.17) is 5.11 Å². The van der Waals surface area contributed by atoms with Crippen LogP contribution in [0.25, 0.3) is 0 Å². The van der Waals surface area contributed by atoms with Gasteiger partial charge >= 0.3 is 5.97 Å². The van der Waals surface area contributed by atoms with E-state index in [2.05, 4.69) is 17.2 Å². The Hall–Kier alpha value is -1.29. The second-order valence-corrected chi connectivity index (χ2v) is 4.60. The molecule has 1 aliphatic rings. The molecular formula is C12H18N2O2. The predicted molar refractivity (Wildman–Crippen MR) is 61.0 cm³/mol. The molecule has 4 heteroatoms. The lowest BCUT2D eigenvalue weighted by atomic mass is 9.98. The Balaban J connectivity index is 1.92. The van der Waals surface area contributed by atoms with Crippen LogP contribution in [-0.4, -0.2) is 33.6 Å². The predicted octanol–water partition coefficient (Wildman–Crippen LogP) is 1.32. The molecule has 0 radical (unpaired) electrons. The largest absolute Gasteiger partial charge is 0.481 e. The Labute approximate surface area is 95.5 Å². The van der Waals surface area contributed by atoms with E-state index in [9.17, 15) is 4.79 Å². The van der Waals surface area contributed by atoms with Crippen LogP contribution in [0.2, 0.25) is 0 Å². The van der Waals surface area contributed by atoms with Gasteiger partial charge in [-0.1, -0.05) is 0 Å². The molecule has 1 aliphatic heterocycles. The summed E-state index contributed by atoms with van der Waals surface area (Å²) in [5.41, 5.74) is 1.26. The maximum Gasteiger partial charge on any atom is 0.307 e. The summed E-state index contributed by atoms with van der Waals surface area (Å²) in [6.07, 6.45) is 5.92. The Morgan fingerprint density at radius 2 is 2.44 bits per heavy atom. The van der Waals surface area contributed by atoms with Gasteiger partial charge in [0, 0.05) is 32.5 Å². The fraction of sp³-hybridized carbons (Fsp3) is 0.583. The van der Waals surface area contributed by atoms with Crippen LogP contribution in [0.1, 0.15) is 18.4 Å². The number of hydrogen-bond acceptors (Lipinski definition) is 2. The molecule has 88 valence electrons. The van der Waals surface area contributed by atoms with Gasteiger partial charge in [0.2, 0.25) is 0 Å². The second kappa shape index (κ2) is 4.70. The minimum Gasteiger partial charge on any atom is -0.481 e. The van der Waals surface area contributed by atoms with Crippen LogP contribution in [0.4, 0.5) is 0 Å². The highest BCUT2D eigenvalue weighted by atomic mass is 16.4. The average Bonchev–Trinajstić information content (AvgIpc) is 2.64. The van der Waals surface area contributed by atoms with Crippen LogP contribution in [0.15, 0.2) is 18.5 Å². The van der Waals surface area contributed by atoms with Crippen LogP contribution in [0.3, 0.4) is 0 Å².